The molecule has 1 aromatic carbocycles. The van der Waals surface area contributed by atoms with Crippen LogP contribution >= 0.6 is 11.6 Å². The first-order valence-corrected chi connectivity index (χ1v) is 8.17. The van der Waals surface area contributed by atoms with Crippen molar-refractivity contribution in [2.45, 2.75) is 39.2 Å². The van der Waals surface area contributed by atoms with Crippen LogP contribution in [0.2, 0.25) is 0 Å². The molecule has 0 N–H and O–H groups in total. The van der Waals surface area contributed by atoms with Crippen molar-refractivity contribution >= 4 is 33.5 Å². The predicted molar refractivity (Wildman–Crippen MR) is 89.0 cm³/mol. The molecule has 3 aromatic rings. The zero-order chi connectivity index (χ0) is 14.7. The summed E-state index contributed by atoms with van der Waals surface area (Å²) in [6.45, 7) is 3.17. The summed E-state index contributed by atoms with van der Waals surface area (Å²) in [5.41, 5.74) is 3.26. The molecule has 2 aromatic heterocycles. The molecule has 0 unspecified atom stereocenters. The number of benzene rings is 1. The molecule has 2 heterocycles. The minimum absolute atomic E-state index is 0.720. The molecule has 0 atom stereocenters. The molecule has 0 bridgehead atoms. The van der Waals surface area contributed by atoms with Crippen molar-refractivity contribution in [2.24, 2.45) is 0 Å². The van der Waals surface area contributed by atoms with Crippen molar-refractivity contribution in [1.82, 2.24) is 14.5 Å². The van der Waals surface area contributed by atoms with Gasteiger partial charge < -0.3 is 4.57 Å². The van der Waals surface area contributed by atoms with Crippen molar-refractivity contribution in [3.63, 3.8) is 0 Å². The van der Waals surface area contributed by atoms with Gasteiger partial charge in [0.2, 0.25) is 0 Å². The number of fused-ring (bicyclic) bond motifs is 3. The van der Waals surface area contributed by atoms with Crippen LogP contribution < -0.4 is 0 Å². The lowest BCUT2D eigenvalue weighted by molar-refractivity contribution is 0.614. The van der Waals surface area contributed by atoms with E-state index < -0.39 is 0 Å². The second-order valence-corrected chi connectivity index (χ2v) is 5.71. The lowest BCUT2D eigenvalue weighted by atomic mass is 10.2. The fraction of sp³-hybridized carbons (Fsp3) is 0.412. The smallest absolute Gasteiger partial charge is 0.109 e. The Morgan fingerprint density at radius 3 is 2.81 bits per heavy atom. The lowest BCUT2D eigenvalue weighted by Crippen LogP contribution is -2.04. The van der Waals surface area contributed by atoms with Crippen molar-refractivity contribution in [1.29, 1.82) is 0 Å². The van der Waals surface area contributed by atoms with Gasteiger partial charge in [-0.2, -0.15) is 0 Å². The maximum Gasteiger partial charge on any atom is 0.109 e. The second-order valence-electron chi connectivity index (χ2n) is 5.33. The zero-order valence-corrected chi connectivity index (χ0v) is 13.1. The van der Waals surface area contributed by atoms with Gasteiger partial charge in [0.1, 0.15) is 11.3 Å². The van der Waals surface area contributed by atoms with Gasteiger partial charge in [0, 0.05) is 24.2 Å². The number of unbranched alkanes of at least 4 members (excludes halogenated alkanes) is 1. The largest absolute Gasteiger partial charge is 0.327 e. The van der Waals surface area contributed by atoms with E-state index in [4.69, 9.17) is 16.6 Å². The van der Waals surface area contributed by atoms with Crippen molar-refractivity contribution in [3.8, 4) is 0 Å². The molecule has 4 heteroatoms. The lowest BCUT2D eigenvalue weighted by Gasteiger charge is -2.09. The number of aryl methyl sites for hydroxylation is 2. The van der Waals surface area contributed by atoms with Crippen LogP contribution in [0.4, 0.5) is 0 Å². The third-order valence-corrected chi connectivity index (χ3v) is 4.06. The fourth-order valence-electron chi connectivity index (χ4n) is 2.83. The Hall–Kier alpha value is -1.61. The maximum atomic E-state index is 5.82. The van der Waals surface area contributed by atoms with Crippen LogP contribution in [0.25, 0.3) is 21.9 Å². The molecule has 0 saturated carbocycles. The summed E-state index contributed by atoms with van der Waals surface area (Å²) in [4.78, 5) is 9.32. The number of alkyl halides is 1. The third kappa shape index (κ3) is 2.75. The van der Waals surface area contributed by atoms with Crippen LogP contribution in [0.1, 0.15) is 32.0 Å². The Morgan fingerprint density at radius 2 is 2.00 bits per heavy atom. The number of rotatable bonds is 6. The van der Waals surface area contributed by atoms with Gasteiger partial charge in [-0.3, -0.25) is 4.98 Å². The highest BCUT2D eigenvalue weighted by molar-refractivity contribution is 6.17. The summed E-state index contributed by atoms with van der Waals surface area (Å²) in [6, 6.07) is 8.30. The van der Waals surface area contributed by atoms with Crippen LogP contribution in [0.5, 0.6) is 0 Å². The number of nitrogens with zero attached hydrogens (tertiary/aromatic N) is 3. The summed E-state index contributed by atoms with van der Waals surface area (Å²) < 4.78 is 2.37. The number of hydrogen-bond acceptors (Lipinski definition) is 2. The first kappa shape index (κ1) is 14.3. The minimum Gasteiger partial charge on any atom is -0.327 e. The Balaban J connectivity index is 2.17. The summed E-state index contributed by atoms with van der Waals surface area (Å²) >= 11 is 5.82. The Morgan fingerprint density at radius 1 is 1.14 bits per heavy atom. The van der Waals surface area contributed by atoms with E-state index in [9.17, 15) is 0 Å². The predicted octanol–water partition coefficient (Wildman–Crippen LogP) is 4.56. The molecule has 21 heavy (non-hydrogen) atoms. The monoisotopic (exact) mass is 301 g/mol. The van der Waals surface area contributed by atoms with E-state index in [-0.39, 0.29) is 0 Å². The topological polar surface area (TPSA) is 30.7 Å². The van der Waals surface area contributed by atoms with E-state index in [2.05, 4.69) is 34.7 Å². The number of pyridine rings is 1. The van der Waals surface area contributed by atoms with E-state index in [1.165, 1.54) is 16.7 Å². The van der Waals surface area contributed by atoms with Gasteiger partial charge in [0.05, 0.1) is 17.2 Å². The van der Waals surface area contributed by atoms with Crippen LogP contribution in [0.3, 0.4) is 0 Å². The zero-order valence-electron chi connectivity index (χ0n) is 12.3. The molecule has 0 amide bonds. The third-order valence-electron chi connectivity index (χ3n) is 3.80. The number of aromatic nitrogens is 3. The van der Waals surface area contributed by atoms with Gasteiger partial charge in [-0.1, -0.05) is 25.1 Å². The van der Waals surface area contributed by atoms with E-state index in [1.54, 1.807) is 0 Å². The molecule has 0 aliphatic carbocycles. The van der Waals surface area contributed by atoms with Crippen LogP contribution in [0, 0.1) is 0 Å². The first-order chi connectivity index (χ1) is 10.3. The summed E-state index contributed by atoms with van der Waals surface area (Å²) in [7, 11) is 0. The number of para-hydroxylation sites is 1. The molecule has 0 radical (unpaired) electrons. The normalized spacial score (nSPS) is 11.5. The average molecular weight is 302 g/mol. The highest BCUT2D eigenvalue weighted by Gasteiger charge is 2.13. The summed E-state index contributed by atoms with van der Waals surface area (Å²) in [5, 5.41) is 1.19. The maximum absolute atomic E-state index is 5.82. The average Bonchev–Trinajstić information content (AvgIpc) is 2.86. The molecule has 0 fully saturated rings. The molecular weight excluding hydrogens is 282 g/mol. The Labute approximate surface area is 130 Å². The summed E-state index contributed by atoms with van der Waals surface area (Å²) in [5.74, 6) is 1.89. The molecule has 3 rings (SSSR count). The molecule has 3 nitrogen and oxygen atoms in total. The van der Waals surface area contributed by atoms with Crippen LogP contribution in [-0.4, -0.2) is 20.4 Å². The van der Waals surface area contributed by atoms with E-state index >= 15 is 0 Å². The van der Waals surface area contributed by atoms with E-state index in [0.717, 1.165) is 49.1 Å². The van der Waals surface area contributed by atoms with Gasteiger partial charge in [0.25, 0.3) is 0 Å². The molecular formula is C17H20ClN3. The molecule has 0 spiro atoms. The fourth-order valence-corrected chi connectivity index (χ4v) is 3.02. The minimum atomic E-state index is 0.720. The van der Waals surface area contributed by atoms with Gasteiger partial charge in [0.15, 0.2) is 0 Å². The van der Waals surface area contributed by atoms with Crippen LogP contribution in [-0.2, 0) is 13.0 Å². The highest BCUT2D eigenvalue weighted by atomic mass is 35.5. The van der Waals surface area contributed by atoms with Gasteiger partial charge >= 0.3 is 0 Å². The van der Waals surface area contributed by atoms with Gasteiger partial charge in [-0.25, -0.2) is 4.98 Å². The molecule has 0 saturated heterocycles. The summed E-state index contributed by atoms with van der Waals surface area (Å²) in [6.07, 6.45) is 6.13. The van der Waals surface area contributed by atoms with Crippen LogP contribution in [0.15, 0.2) is 30.5 Å². The SMILES string of the molecule is CCCc1nc2cnc3ccccc3c2n1CCCCCl. The quantitative estimate of drug-likeness (QED) is 0.494. The Bertz CT molecular complexity index is 748. The van der Waals surface area contributed by atoms with Crippen molar-refractivity contribution in [2.75, 3.05) is 5.88 Å². The number of halogens is 1. The van der Waals surface area contributed by atoms with Crippen molar-refractivity contribution < 1.29 is 0 Å². The standard InChI is InChI=1S/C17H20ClN3/c1-2-7-16-20-15-12-19-14-9-4-3-8-13(14)17(15)21(16)11-6-5-10-18/h3-4,8-9,12H,2,5-7,10-11H2,1H3. The molecule has 110 valence electrons. The first-order valence-electron chi connectivity index (χ1n) is 7.64. The Kier molecular flexibility index (Phi) is 4.39. The number of imidazole rings is 1. The second kappa shape index (κ2) is 6.44. The molecule has 0 aliphatic heterocycles. The van der Waals surface area contributed by atoms with E-state index in [1.807, 2.05) is 12.3 Å². The van der Waals surface area contributed by atoms with E-state index in [0.29, 0.717) is 0 Å². The van der Waals surface area contributed by atoms with Gasteiger partial charge in [-0.15, -0.1) is 11.6 Å². The molecule has 0 aliphatic rings. The number of hydrogen-bond donors (Lipinski definition) is 0. The van der Waals surface area contributed by atoms with Crippen molar-refractivity contribution in [3.05, 3.63) is 36.3 Å². The highest BCUT2D eigenvalue weighted by Crippen LogP contribution is 2.25. The van der Waals surface area contributed by atoms with Gasteiger partial charge in [-0.05, 0) is 25.3 Å².